The van der Waals surface area contributed by atoms with Crippen LogP contribution in [-0.4, -0.2) is 69.8 Å². The minimum absolute atomic E-state index is 0.322. The summed E-state index contributed by atoms with van der Waals surface area (Å²) in [7, 11) is 0. The number of hydrogen-bond donors (Lipinski definition) is 5. The van der Waals surface area contributed by atoms with Crippen LogP contribution in [0.2, 0.25) is 0 Å². The molecule has 2 aromatic carbocycles. The largest absolute Gasteiger partial charge is 0.480 e. The van der Waals surface area contributed by atoms with Crippen LogP contribution in [0.15, 0.2) is 83.9 Å². The van der Waals surface area contributed by atoms with Crippen molar-refractivity contribution in [3.05, 3.63) is 84.6 Å². The van der Waals surface area contributed by atoms with E-state index in [1.54, 1.807) is 42.6 Å². The van der Waals surface area contributed by atoms with Gasteiger partial charge in [-0.3, -0.25) is 14.4 Å². The first-order valence-corrected chi connectivity index (χ1v) is 13.5. The number of carboxylic acids is 1. The molecule has 1 aromatic heterocycles. The molecule has 0 bridgehead atoms. The fraction of sp³-hybridized carbons (Fsp3) is 0.250. The van der Waals surface area contributed by atoms with E-state index < -0.39 is 35.8 Å². The van der Waals surface area contributed by atoms with Crippen molar-refractivity contribution in [1.29, 1.82) is 0 Å². The van der Waals surface area contributed by atoms with E-state index in [2.05, 4.69) is 26.3 Å². The molecule has 208 valence electrons. The molecule has 1 aliphatic heterocycles. The summed E-state index contributed by atoms with van der Waals surface area (Å²) in [6.45, 7) is 0.0207. The number of nitrogens with zero attached hydrogens (tertiary/aromatic N) is 2. The Morgan fingerprint density at radius 2 is 1.80 bits per heavy atom. The van der Waals surface area contributed by atoms with Gasteiger partial charge in [0.15, 0.2) is 0 Å². The monoisotopic (exact) mass is 562 g/mol. The number of benzene rings is 2. The molecule has 0 spiro atoms. The molecular formula is C28H30N6O5S. The molecule has 40 heavy (non-hydrogen) atoms. The normalized spacial score (nSPS) is 15.6. The average molecular weight is 563 g/mol. The number of rotatable bonds is 12. The van der Waals surface area contributed by atoms with Gasteiger partial charge in [0.1, 0.15) is 11.9 Å². The number of carbonyl (C=O) groups is 4. The number of pyridine rings is 1. The summed E-state index contributed by atoms with van der Waals surface area (Å²) in [5, 5.41) is 20.2. The Morgan fingerprint density at radius 1 is 1.00 bits per heavy atom. The van der Waals surface area contributed by atoms with Crippen molar-refractivity contribution >= 4 is 47.1 Å². The molecule has 11 nitrogen and oxygen atoms in total. The maximum absolute atomic E-state index is 12.9. The Labute approximate surface area is 235 Å². The highest BCUT2D eigenvalue weighted by Gasteiger charge is 2.34. The molecule has 1 saturated heterocycles. The zero-order valence-corrected chi connectivity index (χ0v) is 22.4. The SMILES string of the molecule is O=C(CNC(=O)c1cccc(Nc2ccccn2)c1)NC[C@H](NC(=O)[C@@H]1CCCN1Sc1ccccc1)C(=O)O. The molecule has 12 heteroatoms. The van der Waals surface area contributed by atoms with Gasteiger partial charge in [-0.2, -0.15) is 0 Å². The zero-order valence-electron chi connectivity index (χ0n) is 21.6. The van der Waals surface area contributed by atoms with Gasteiger partial charge >= 0.3 is 5.97 Å². The standard InChI is InChI=1S/C28H30N6O5S/c35-25(18-31-26(36)19-8-6-9-20(16-19)32-24-13-4-5-14-29-24)30-17-22(28(38)39)33-27(37)23-12-7-15-34(23)40-21-10-2-1-3-11-21/h1-6,8-11,13-14,16,22-23H,7,12,15,17-18H2,(H,29,32)(H,30,35)(H,31,36)(H,33,37)(H,38,39)/t22-,23-/m0/s1. The fourth-order valence-corrected chi connectivity index (χ4v) is 5.16. The highest BCUT2D eigenvalue weighted by atomic mass is 32.2. The van der Waals surface area contributed by atoms with E-state index in [0.717, 1.165) is 11.3 Å². The van der Waals surface area contributed by atoms with Crippen LogP contribution in [-0.2, 0) is 14.4 Å². The number of anilines is 2. The number of carboxylic acid groups (broad SMARTS) is 1. The Balaban J connectivity index is 1.24. The van der Waals surface area contributed by atoms with Crippen molar-refractivity contribution in [1.82, 2.24) is 25.2 Å². The van der Waals surface area contributed by atoms with E-state index in [4.69, 9.17) is 0 Å². The van der Waals surface area contributed by atoms with Gasteiger partial charge in [0, 0.05) is 35.4 Å². The lowest BCUT2D eigenvalue weighted by Gasteiger charge is -2.24. The van der Waals surface area contributed by atoms with Crippen molar-refractivity contribution in [2.75, 3.05) is 25.0 Å². The second-order valence-electron chi connectivity index (χ2n) is 9.01. The second-order valence-corrected chi connectivity index (χ2v) is 10.1. The molecule has 1 fully saturated rings. The highest BCUT2D eigenvalue weighted by molar-refractivity contribution is 7.97. The molecule has 2 atom stereocenters. The molecule has 5 N–H and O–H groups in total. The molecular weight excluding hydrogens is 532 g/mol. The molecule has 0 aliphatic carbocycles. The zero-order chi connectivity index (χ0) is 28.3. The van der Waals surface area contributed by atoms with Gasteiger partial charge in [-0.05, 0) is 67.3 Å². The van der Waals surface area contributed by atoms with Gasteiger partial charge in [0.2, 0.25) is 11.8 Å². The first kappa shape index (κ1) is 28.6. The van der Waals surface area contributed by atoms with Crippen LogP contribution in [0.1, 0.15) is 23.2 Å². The second kappa shape index (κ2) is 14.1. The van der Waals surface area contributed by atoms with E-state index in [-0.39, 0.29) is 13.1 Å². The summed E-state index contributed by atoms with van der Waals surface area (Å²) in [5.41, 5.74) is 0.984. The van der Waals surface area contributed by atoms with E-state index >= 15 is 0 Å². The van der Waals surface area contributed by atoms with Crippen LogP contribution in [0.25, 0.3) is 0 Å². The van der Waals surface area contributed by atoms with Crippen molar-refractivity contribution in [3.8, 4) is 0 Å². The Hall–Kier alpha value is -4.42. The summed E-state index contributed by atoms with van der Waals surface area (Å²) in [4.78, 5) is 54.8. The first-order valence-electron chi connectivity index (χ1n) is 12.7. The predicted octanol–water partition coefficient (Wildman–Crippen LogP) is 2.41. The Bertz CT molecular complexity index is 1330. The number of hydrogen-bond acceptors (Lipinski definition) is 8. The summed E-state index contributed by atoms with van der Waals surface area (Å²) >= 11 is 1.46. The maximum Gasteiger partial charge on any atom is 0.328 e. The first-order chi connectivity index (χ1) is 19.4. The van der Waals surface area contributed by atoms with Crippen molar-refractivity contribution in [2.24, 2.45) is 0 Å². The quantitative estimate of drug-likeness (QED) is 0.210. The molecule has 2 heterocycles. The smallest absolute Gasteiger partial charge is 0.328 e. The van der Waals surface area contributed by atoms with E-state index in [1.807, 2.05) is 40.7 Å². The van der Waals surface area contributed by atoms with E-state index in [1.165, 1.54) is 11.9 Å². The van der Waals surface area contributed by atoms with Gasteiger partial charge in [0.25, 0.3) is 5.91 Å². The summed E-state index contributed by atoms with van der Waals surface area (Å²) < 4.78 is 1.94. The van der Waals surface area contributed by atoms with Gasteiger partial charge in [-0.1, -0.05) is 30.3 Å². The molecule has 0 unspecified atom stereocenters. The van der Waals surface area contributed by atoms with E-state index in [0.29, 0.717) is 30.0 Å². The minimum atomic E-state index is -1.31. The number of amides is 3. The molecule has 3 aromatic rings. The van der Waals surface area contributed by atoms with E-state index in [9.17, 15) is 24.3 Å². The van der Waals surface area contributed by atoms with Crippen molar-refractivity contribution in [2.45, 2.75) is 29.8 Å². The number of carbonyl (C=O) groups excluding carboxylic acids is 3. The van der Waals surface area contributed by atoms with Crippen LogP contribution >= 0.6 is 11.9 Å². The summed E-state index contributed by atoms with van der Waals surface area (Å²) in [6.07, 6.45) is 3.06. The Morgan fingerprint density at radius 3 is 2.55 bits per heavy atom. The minimum Gasteiger partial charge on any atom is -0.480 e. The van der Waals surface area contributed by atoms with Crippen LogP contribution in [0.4, 0.5) is 11.5 Å². The van der Waals surface area contributed by atoms with Gasteiger partial charge in [0.05, 0.1) is 12.6 Å². The average Bonchev–Trinajstić information content (AvgIpc) is 3.43. The van der Waals surface area contributed by atoms with Crippen LogP contribution < -0.4 is 21.3 Å². The van der Waals surface area contributed by atoms with Crippen LogP contribution in [0, 0.1) is 0 Å². The van der Waals surface area contributed by atoms with Crippen molar-refractivity contribution in [3.63, 3.8) is 0 Å². The molecule has 3 amide bonds. The number of aromatic nitrogens is 1. The third kappa shape index (κ3) is 8.29. The Kier molecular flexibility index (Phi) is 10.1. The fourth-order valence-electron chi connectivity index (χ4n) is 4.06. The summed E-state index contributed by atoms with van der Waals surface area (Å²) in [6, 6.07) is 20.0. The molecule has 1 aliphatic rings. The highest BCUT2D eigenvalue weighted by Crippen LogP contribution is 2.31. The lowest BCUT2D eigenvalue weighted by Crippen LogP contribution is -2.53. The summed E-state index contributed by atoms with van der Waals surface area (Å²) in [5.74, 6) is -2.11. The van der Waals surface area contributed by atoms with Crippen LogP contribution in [0.5, 0.6) is 0 Å². The molecule has 0 saturated carbocycles. The predicted molar refractivity (Wildman–Crippen MR) is 151 cm³/mol. The molecule has 0 radical (unpaired) electrons. The number of aliphatic carboxylic acids is 1. The van der Waals surface area contributed by atoms with Gasteiger partial charge in [-0.15, -0.1) is 0 Å². The van der Waals surface area contributed by atoms with Gasteiger partial charge in [-0.25, -0.2) is 14.1 Å². The lowest BCUT2D eigenvalue weighted by atomic mass is 10.2. The third-order valence-corrected chi connectivity index (χ3v) is 7.22. The van der Waals surface area contributed by atoms with Crippen molar-refractivity contribution < 1.29 is 24.3 Å². The topological polar surface area (TPSA) is 153 Å². The molecule has 4 rings (SSSR count). The third-order valence-electron chi connectivity index (χ3n) is 6.06. The van der Waals surface area contributed by atoms with Crippen LogP contribution in [0.3, 0.4) is 0 Å². The lowest BCUT2D eigenvalue weighted by molar-refractivity contribution is -0.142. The number of nitrogens with one attached hydrogen (secondary N) is 4. The van der Waals surface area contributed by atoms with Gasteiger partial charge < -0.3 is 26.4 Å². The maximum atomic E-state index is 12.9.